The van der Waals surface area contributed by atoms with Crippen molar-refractivity contribution in [1.29, 1.82) is 0 Å². The third-order valence-electron chi connectivity index (χ3n) is 1.24. The van der Waals surface area contributed by atoms with Crippen LogP contribution in [0.2, 0.25) is 0 Å². The summed E-state index contributed by atoms with van der Waals surface area (Å²) in [5.74, 6) is -1.53. The van der Waals surface area contributed by atoms with E-state index in [0.717, 1.165) is 0 Å². The van der Waals surface area contributed by atoms with Crippen molar-refractivity contribution in [2.24, 2.45) is 0 Å². The summed E-state index contributed by atoms with van der Waals surface area (Å²) in [5, 5.41) is 11.3. The second-order valence-corrected chi connectivity index (χ2v) is 2.29. The Balaban J connectivity index is 2.89. The molecule has 0 amide bonds. The smallest absolute Gasteiger partial charge is 0.393 e. The number of halogens is 3. The van der Waals surface area contributed by atoms with Crippen molar-refractivity contribution in [3.63, 3.8) is 0 Å². The largest absolute Gasteiger partial charge is 0.476 e. The first-order valence-corrected chi connectivity index (χ1v) is 3.13. The van der Waals surface area contributed by atoms with Gasteiger partial charge in [0.05, 0.1) is 6.42 Å². The standard InChI is InChI=1S/C6H4F3NO3/c7-6(8,9)1-3-2-13-10-4(3)5(11)12/h2H,1H2,(H,11,12). The predicted molar refractivity (Wildman–Crippen MR) is 33.2 cm³/mol. The average Bonchev–Trinajstić information content (AvgIpc) is 2.31. The Labute approximate surface area is 69.9 Å². The lowest BCUT2D eigenvalue weighted by atomic mass is 10.2. The molecule has 0 aliphatic carbocycles. The molecule has 0 radical (unpaired) electrons. The van der Waals surface area contributed by atoms with E-state index >= 15 is 0 Å². The molecule has 0 unspecified atom stereocenters. The molecule has 13 heavy (non-hydrogen) atoms. The maximum atomic E-state index is 11.8. The molecule has 1 N–H and O–H groups in total. The molecule has 0 aliphatic heterocycles. The Bertz CT molecular complexity index is 317. The van der Waals surface area contributed by atoms with E-state index in [0.29, 0.717) is 6.26 Å². The Morgan fingerprint density at radius 3 is 2.69 bits per heavy atom. The molecule has 1 aromatic heterocycles. The third kappa shape index (κ3) is 2.46. The summed E-state index contributed by atoms with van der Waals surface area (Å²) in [6.07, 6.45) is -5.13. The van der Waals surface area contributed by atoms with Crippen LogP contribution >= 0.6 is 0 Å². The van der Waals surface area contributed by atoms with Crippen LogP contribution in [0.25, 0.3) is 0 Å². The van der Waals surface area contributed by atoms with Gasteiger partial charge in [-0.15, -0.1) is 0 Å². The highest BCUT2D eigenvalue weighted by molar-refractivity contribution is 5.86. The normalized spacial score (nSPS) is 11.6. The van der Waals surface area contributed by atoms with Gasteiger partial charge in [-0.05, 0) is 0 Å². The van der Waals surface area contributed by atoms with Gasteiger partial charge in [-0.3, -0.25) is 0 Å². The van der Waals surface area contributed by atoms with Gasteiger partial charge < -0.3 is 9.63 Å². The van der Waals surface area contributed by atoms with Gasteiger partial charge in [-0.25, -0.2) is 4.79 Å². The maximum absolute atomic E-state index is 11.8. The number of nitrogens with zero attached hydrogens (tertiary/aromatic N) is 1. The van der Waals surface area contributed by atoms with Crippen LogP contribution in [0.4, 0.5) is 13.2 Å². The van der Waals surface area contributed by atoms with Crippen molar-refractivity contribution in [3.8, 4) is 0 Å². The number of hydrogen-bond donors (Lipinski definition) is 1. The van der Waals surface area contributed by atoms with Gasteiger partial charge in [0.1, 0.15) is 6.26 Å². The van der Waals surface area contributed by atoms with Crippen LogP contribution in [-0.4, -0.2) is 22.4 Å². The zero-order valence-corrected chi connectivity index (χ0v) is 6.13. The number of carbonyl (C=O) groups is 1. The molecule has 0 aliphatic rings. The van der Waals surface area contributed by atoms with Gasteiger partial charge in [0, 0.05) is 5.56 Å². The number of carboxylic acids is 1. The van der Waals surface area contributed by atoms with E-state index in [4.69, 9.17) is 5.11 Å². The van der Waals surface area contributed by atoms with Crippen LogP contribution < -0.4 is 0 Å². The van der Waals surface area contributed by atoms with Crippen molar-refractivity contribution in [3.05, 3.63) is 17.5 Å². The van der Waals surface area contributed by atoms with Crippen LogP contribution in [0, 0.1) is 0 Å². The van der Waals surface area contributed by atoms with Gasteiger partial charge in [-0.2, -0.15) is 13.2 Å². The topological polar surface area (TPSA) is 63.3 Å². The van der Waals surface area contributed by atoms with Gasteiger partial charge in [0.15, 0.2) is 5.69 Å². The van der Waals surface area contributed by atoms with E-state index < -0.39 is 29.8 Å². The quantitative estimate of drug-likeness (QED) is 0.776. The molecule has 72 valence electrons. The van der Waals surface area contributed by atoms with E-state index in [9.17, 15) is 18.0 Å². The highest BCUT2D eigenvalue weighted by Gasteiger charge is 2.31. The molecule has 4 nitrogen and oxygen atoms in total. The number of aromatic carboxylic acids is 1. The van der Waals surface area contributed by atoms with Crippen molar-refractivity contribution >= 4 is 5.97 Å². The molecule has 0 fully saturated rings. The molecule has 0 bridgehead atoms. The summed E-state index contributed by atoms with van der Waals surface area (Å²) in [5.41, 5.74) is -1.17. The van der Waals surface area contributed by atoms with E-state index in [1.54, 1.807) is 0 Å². The molecular weight excluding hydrogens is 191 g/mol. The average molecular weight is 195 g/mol. The monoisotopic (exact) mass is 195 g/mol. The van der Waals surface area contributed by atoms with Crippen molar-refractivity contribution in [2.45, 2.75) is 12.6 Å². The first-order chi connectivity index (χ1) is 5.90. The molecule has 1 heterocycles. The predicted octanol–water partition coefficient (Wildman–Crippen LogP) is 1.48. The number of alkyl halides is 3. The number of hydrogen-bond acceptors (Lipinski definition) is 3. The molecular formula is C6H4F3NO3. The molecule has 7 heteroatoms. The third-order valence-corrected chi connectivity index (χ3v) is 1.24. The Kier molecular flexibility index (Phi) is 2.26. The molecule has 0 saturated heterocycles. The van der Waals surface area contributed by atoms with Crippen molar-refractivity contribution in [1.82, 2.24) is 5.16 Å². The summed E-state index contributed by atoms with van der Waals surface area (Å²) in [4.78, 5) is 10.3. The molecule has 0 saturated carbocycles. The zero-order chi connectivity index (χ0) is 10.1. The fraction of sp³-hybridized carbons (Fsp3) is 0.333. The lowest BCUT2D eigenvalue weighted by molar-refractivity contribution is -0.127. The van der Waals surface area contributed by atoms with Crippen molar-refractivity contribution in [2.75, 3.05) is 0 Å². The minimum Gasteiger partial charge on any atom is -0.476 e. The maximum Gasteiger partial charge on any atom is 0.393 e. The Hall–Kier alpha value is -1.53. The van der Waals surface area contributed by atoms with Crippen LogP contribution in [0.3, 0.4) is 0 Å². The molecule has 0 spiro atoms. The lowest BCUT2D eigenvalue weighted by Gasteiger charge is -2.02. The summed E-state index contributed by atoms with van der Waals surface area (Å²) < 4.78 is 39.5. The van der Waals surface area contributed by atoms with E-state index in [-0.39, 0.29) is 0 Å². The Morgan fingerprint density at radius 1 is 1.62 bits per heavy atom. The van der Waals surface area contributed by atoms with Crippen LogP contribution in [0.15, 0.2) is 10.8 Å². The molecule has 1 rings (SSSR count). The molecule has 0 aromatic carbocycles. The van der Waals surface area contributed by atoms with E-state index in [1.165, 1.54) is 0 Å². The second kappa shape index (κ2) is 3.08. The highest BCUT2D eigenvalue weighted by Crippen LogP contribution is 2.22. The number of rotatable bonds is 2. The van der Waals surface area contributed by atoms with Crippen LogP contribution in [0.1, 0.15) is 16.1 Å². The molecule has 1 aromatic rings. The minimum absolute atomic E-state index is 0.472. The first kappa shape index (κ1) is 9.56. The fourth-order valence-corrected chi connectivity index (χ4v) is 0.775. The van der Waals surface area contributed by atoms with Gasteiger partial charge >= 0.3 is 12.1 Å². The van der Waals surface area contributed by atoms with Gasteiger partial charge in [0.25, 0.3) is 0 Å². The summed E-state index contributed by atoms with van der Waals surface area (Å²) in [7, 11) is 0. The van der Waals surface area contributed by atoms with Crippen LogP contribution in [0.5, 0.6) is 0 Å². The minimum atomic E-state index is -4.46. The SMILES string of the molecule is O=C(O)c1nocc1CC(F)(F)F. The van der Waals surface area contributed by atoms with Crippen molar-refractivity contribution < 1.29 is 27.6 Å². The van der Waals surface area contributed by atoms with E-state index in [2.05, 4.69) is 9.68 Å². The lowest BCUT2D eigenvalue weighted by Crippen LogP contribution is -2.13. The van der Waals surface area contributed by atoms with E-state index in [1.807, 2.05) is 0 Å². The van der Waals surface area contributed by atoms with Gasteiger partial charge in [0.2, 0.25) is 0 Å². The van der Waals surface area contributed by atoms with Gasteiger partial charge in [-0.1, -0.05) is 5.16 Å². The number of aromatic nitrogens is 1. The summed E-state index contributed by atoms with van der Waals surface area (Å²) in [6, 6.07) is 0. The zero-order valence-electron chi connectivity index (χ0n) is 6.13. The summed E-state index contributed by atoms with van der Waals surface area (Å²) >= 11 is 0. The second-order valence-electron chi connectivity index (χ2n) is 2.29. The highest BCUT2D eigenvalue weighted by atomic mass is 19.4. The number of carboxylic acid groups (broad SMARTS) is 1. The summed E-state index contributed by atoms with van der Waals surface area (Å²) in [6.45, 7) is 0. The Morgan fingerprint density at radius 2 is 2.23 bits per heavy atom. The first-order valence-electron chi connectivity index (χ1n) is 3.13. The molecule has 0 atom stereocenters. The fourth-order valence-electron chi connectivity index (χ4n) is 0.775. The van der Waals surface area contributed by atoms with Crippen LogP contribution in [-0.2, 0) is 6.42 Å².